The Hall–Kier alpha value is -2.18. The van der Waals surface area contributed by atoms with Gasteiger partial charge in [0.15, 0.2) is 0 Å². The van der Waals surface area contributed by atoms with Crippen molar-refractivity contribution in [3.8, 4) is 0 Å². The summed E-state index contributed by atoms with van der Waals surface area (Å²) in [6.45, 7) is 1.45. The second kappa shape index (κ2) is 10.8. The molecule has 1 aliphatic heterocycles. The van der Waals surface area contributed by atoms with Crippen LogP contribution in [0.25, 0.3) is 0 Å². The SMILES string of the molecule is CS(=O)(=O)N(CCCC(=O)Nc1ccc(S(=O)(=O)N2CCOCC2)cc1)c1cccc(Cl)c1. The zero-order valence-corrected chi connectivity index (χ0v) is 20.5. The molecule has 0 aliphatic carbocycles. The van der Waals surface area contributed by atoms with Crippen LogP contribution in [0.1, 0.15) is 12.8 Å². The summed E-state index contributed by atoms with van der Waals surface area (Å²) in [5.41, 5.74) is 0.887. The topological polar surface area (TPSA) is 113 Å². The molecule has 180 valence electrons. The van der Waals surface area contributed by atoms with Crippen LogP contribution in [-0.4, -0.2) is 66.2 Å². The fraction of sp³-hybridized carbons (Fsp3) is 0.381. The molecule has 0 atom stereocenters. The Morgan fingerprint density at radius 3 is 2.36 bits per heavy atom. The fourth-order valence-corrected chi connectivity index (χ4v) is 5.92. The van der Waals surface area contributed by atoms with E-state index in [1.165, 1.54) is 32.9 Å². The van der Waals surface area contributed by atoms with E-state index in [1.54, 1.807) is 24.3 Å². The largest absolute Gasteiger partial charge is 0.379 e. The molecule has 1 amide bonds. The summed E-state index contributed by atoms with van der Waals surface area (Å²) in [5.74, 6) is -0.307. The molecule has 1 N–H and O–H groups in total. The highest BCUT2D eigenvalue weighted by molar-refractivity contribution is 7.92. The van der Waals surface area contributed by atoms with E-state index >= 15 is 0 Å². The maximum absolute atomic E-state index is 12.7. The molecule has 0 radical (unpaired) electrons. The van der Waals surface area contributed by atoms with Crippen molar-refractivity contribution >= 4 is 48.9 Å². The zero-order chi connectivity index (χ0) is 24.1. The van der Waals surface area contributed by atoms with E-state index in [0.29, 0.717) is 42.7 Å². The van der Waals surface area contributed by atoms with Gasteiger partial charge in [0.2, 0.25) is 26.0 Å². The molecule has 1 saturated heterocycles. The predicted molar refractivity (Wildman–Crippen MR) is 128 cm³/mol. The Balaban J connectivity index is 1.56. The Bertz CT molecular complexity index is 1180. The number of hydrogen-bond acceptors (Lipinski definition) is 6. The summed E-state index contributed by atoms with van der Waals surface area (Å²) in [4.78, 5) is 12.5. The normalized spacial score (nSPS) is 15.2. The van der Waals surface area contributed by atoms with E-state index in [2.05, 4.69) is 5.32 Å². The number of carbonyl (C=O) groups excluding carboxylic acids is 1. The van der Waals surface area contributed by atoms with Gasteiger partial charge in [0, 0.05) is 36.8 Å². The molecule has 0 bridgehead atoms. The van der Waals surface area contributed by atoms with Gasteiger partial charge < -0.3 is 10.1 Å². The van der Waals surface area contributed by atoms with Crippen LogP contribution in [0.5, 0.6) is 0 Å². The first-order valence-electron chi connectivity index (χ1n) is 10.3. The van der Waals surface area contributed by atoms with Gasteiger partial charge in [0.25, 0.3) is 0 Å². The molecule has 1 aliphatic rings. The van der Waals surface area contributed by atoms with Crippen LogP contribution in [0.3, 0.4) is 0 Å². The van der Waals surface area contributed by atoms with Gasteiger partial charge >= 0.3 is 0 Å². The third-order valence-corrected chi connectivity index (χ3v) is 8.35. The Kier molecular flexibility index (Phi) is 8.35. The number of nitrogens with zero attached hydrogens (tertiary/aromatic N) is 2. The summed E-state index contributed by atoms with van der Waals surface area (Å²) in [5, 5.41) is 3.12. The number of nitrogens with one attached hydrogen (secondary N) is 1. The first kappa shape index (κ1) is 25.4. The molecule has 9 nitrogen and oxygen atoms in total. The lowest BCUT2D eigenvalue weighted by atomic mass is 10.2. The van der Waals surface area contributed by atoms with Gasteiger partial charge in [-0.1, -0.05) is 17.7 Å². The van der Waals surface area contributed by atoms with Crippen molar-refractivity contribution in [3.63, 3.8) is 0 Å². The number of hydrogen-bond donors (Lipinski definition) is 1. The van der Waals surface area contributed by atoms with Gasteiger partial charge in [0.1, 0.15) is 0 Å². The summed E-state index contributed by atoms with van der Waals surface area (Å²) >= 11 is 5.97. The van der Waals surface area contributed by atoms with Crippen LogP contribution in [0.2, 0.25) is 5.02 Å². The molecule has 2 aromatic carbocycles. The number of halogens is 1. The molecule has 0 saturated carbocycles. The maximum Gasteiger partial charge on any atom is 0.243 e. The first-order chi connectivity index (χ1) is 15.6. The van der Waals surface area contributed by atoms with Crippen molar-refractivity contribution in [1.82, 2.24) is 4.31 Å². The van der Waals surface area contributed by atoms with Crippen LogP contribution < -0.4 is 9.62 Å². The van der Waals surface area contributed by atoms with Crippen LogP contribution in [0, 0.1) is 0 Å². The third-order valence-electron chi connectivity index (χ3n) is 5.01. The monoisotopic (exact) mass is 515 g/mol. The molecule has 12 heteroatoms. The van der Waals surface area contributed by atoms with Crippen molar-refractivity contribution in [2.24, 2.45) is 0 Å². The number of sulfonamides is 2. The lowest BCUT2D eigenvalue weighted by Crippen LogP contribution is -2.40. The van der Waals surface area contributed by atoms with Crippen molar-refractivity contribution < 1.29 is 26.4 Å². The van der Waals surface area contributed by atoms with Gasteiger partial charge in [-0.05, 0) is 48.9 Å². The average molecular weight is 516 g/mol. The highest BCUT2D eigenvalue weighted by Gasteiger charge is 2.26. The lowest BCUT2D eigenvalue weighted by molar-refractivity contribution is -0.116. The average Bonchev–Trinajstić information content (AvgIpc) is 2.77. The number of rotatable bonds is 9. The van der Waals surface area contributed by atoms with Crippen LogP contribution >= 0.6 is 11.6 Å². The van der Waals surface area contributed by atoms with Crippen molar-refractivity contribution in [1.29, 1.82) is 0 Å². The van der Waals surface area contributed by atoms with E-state index in [0.717, 1.165) is 6.26 Å². The van der Waals surface area contributed by atoms with Gasteiger partial charge in [-0.2, -0.15) is 4.31 Å². The minimum Gasteiger partial charge on any atom is -0.379 e. The minimum absolute atomic E-state index is 0.0837. The Labute approximate surface area is 199 Å². The third kappa shape index (κ3) is 6.90. The smallest absolute Gasteiger partial charge is 0.243 e. The van der Waals surface area contributed by atoms with Crippen molar-refractivity contribution in [2.45, 2.75) is 17.7 Å². The van der Waals surface area contributed by atoms with E-state index in [9.17, 15) is 21.6 Å². The number of morpholine rings is 1. The summed E-state index contributed by atoms with van der Waals surface area (Å²) in [6, 6.07) is 12.5. The fourth-order valence-electron chi connectivity index (χ4n) is 3.37. The molecule has 3 rings (SSSR count). The molecule has 2 aromatic rings. The standard InChI is InChI=1S/C21H26ClN3O6S2/c1-32(27,28)25(19-5-2-4-17(22)16-19)11-3-6-21(26)23-18-7-9-20(10-8-18)33(29,30)24-12-14-31-15-13-24/h2,4-5,7-10,16H,3,6,11-15H2,1H3,(H,23,26). The molecule has 33 heavy (non-hydrogen) atoms. The van der Waals surface area contributed by atoms with E-state index < -0.39 is 20.0 Å². The van der Waals surface area contributed by atoms with E-state index in [-0.39, 0.29) is 30.2 Å². The van der Waals surface area contributed by atoms with E-state index in [4.69, 9.17) is 16.3 Å². The Morgan fingerprint density at radius 2 is 1.76 bits per heavy atom. The second-order valence-corrected chi connectivity index (χ2v) is 11.8. The summed E-state index contributed by atoms with van der Waals surface area (Å²) in [6.07, 6.45) is 1.47. The highest BCUT2D eigenvalue weighted by atomic mass is 35.5. The van der Waals surface area contributed by atoms with Crippen LogP contribution in [0.15, 0.2) is 53.4 Å². The molecule has 1 fully saturated rings. The first-order valence-corrected chi connectivity index (χ1v) is 13.9. The number of benzene rings is 2. The molecule has 0 aromatic heterocycles. The number of carbonyl (C=O) groups is 1. The molecule has 1 heterocycles. The number of ether oxygens (including phenoxy) is 1. The molecular formula is C21H26ClN3O6S2. The molecule has 0 unspecified atom stereocenters. The number of amides is 1. The van der Waals surface area contributed by atoms with Crippen molar-refractivity contribution in [2.75, 3.05) is 48.7 Å². The quantitative estimate of drug-likeness (QED) is 0.549. The summed E-state index contributed by atoms with van der Waals surface area (Å²) in [7, 11) is -7.15. The zero-order valence-electron chi connectivity index (χ0n) is 18.1. The van der Waals surface area contributed by atoms with Crippen LogP contribution in [0.4, 0.5) is 11.4 Å². The number of anilines is 2. The van der Waals surface area contributed by atoms with Crippen LogP contribution in [-0.2, 0) is 29.6 Å². The second-order valence-electron chi connectivity index (χ2n) is 7.51. The molecular weight excluding hydrogens is 490 g/mol. The summed E-state index contributed by atoms with van der Waals surface area (Å²) < 4.78 is 57.4. The minimum atomic E-state index is -3.61. The molecule has 0 spiro atoms. The lowest BCUT2D eigenvalue weighted by Gasteiger charge is -2.26. The predicted octanol–water partition coefficient (Wildman–Crippen LogP) is 2.55. The van der Waals surface area contributed by atoms with Gasteiger partial charge in [-0.25, -0.2) is 16.8 Å². The van der Waals surface area contributed by atoms with E-state index in [1.807, 2.05) is 0 Å². The Morgan fingerprint density at radius 1 is 1.09 bits per heavy atom. The maximum atomic E-state index is 12.7. The highest BCUT2D eigenvalue weighted by Crippen LogP contribution is 2.23. The van der Waals surface area contributed by atoms with Gasteiger partial charge in [-0.15, -0.1) is 0 Å². The van der Waals surface area contributed by atoms with Gasteiger partial charge in [-0.3, -0.25) is 9.10 Å². The van der Waals surface area contributed by atoms with Gasteiger partial charge in [0.05, 0.1) is 30.1 Å². The van der Waals surface area contributed by atoms with Crippen molar-refractivity contribution in [3.05, 3.63) is 53.6 Å².